The van der Waals surface area contributed by atoms with E-state index in [1.807, 2.05) is 0 Å². The zero-order chi connectivity index (χ0) is 25.4. The number of benzene rings is 1. The normalized spacial score (nSPS) is 15.1. The molecule has 2 aromatic heterocycles. The highest BCUT2D eigenvalue weighted by molar-refractivity contribution is 5.95. The second-order valence-corrected chi connectivity index (χ2v) is 8.38. The summed E-state index contributed by atoms with van der Waals surface area (Å²) >= 11 is 0. The van der Waals surface area contributed by atoms with Crippen LogP contribution in [0.1, 0.15) is 53.0 Å². The molecule has 1 aliphatic carbocycles. The van der Waals surface area contributed by atoms with Crippen LogP contribution in [0.2, 0.25) is 0 Å². The number of rotatable bonds is 6. The Balaban J connectivity index is 1.77. The Morgan fingerprint density at radius 1 is 0.943 bits per heavy atom. The Morgan fingerprint density at radius 2 is 1.51 bits per heavy atom. The number of nitrogens with zero attached hydrogens (tertiary/aromatic N) is 4. The zero-order valence-corrected chi connectivity index (χ0v) is 18.4. The summed E-state index contributed by atoms with van der Waals surface area (Å²) in [5, 5.41) is 0. The first-order valence-corrected chi connectivity index (χ1v) is 10.8. The maximum absolute atomic E-state index is 13.5. The number of carbonyl (C=O) groups is 1. The van der Waals surface area contributed by atoms with Gasteiger partial charge >= 0.3 is 12.4 Å². The molecule has 4 rings (SSSR count). The first kappa shape index (κ1) is 24.6. The van der Waals surface area contributed by atoms with E-state index in [1.165, 1.54) is 23.5 Å². The summed E-state index contributed by atoms with van der Waals surface area (Å²) in [6.07, 6.45) is -3.95. The summed E-state index contributed by atoms with van der Waals surface area (Å²) in [6.45, 7) is 1.80. The molecule has 35 heavy (non-hydrogen) atoms. The summed E-state index contributed by atoms with van der Waals surface area (Å²) in [5.41, 5.74) is -2.87. The Morgan fingerprint density at radius 3 is 2.06 bits per heavy atom. The number of carbonyl (C=O) groups excluding carboxylic acids is 1. The van der Waals surface area contributed by atoms with Crippen molar-refractivity contribution in [3.05, 3.63) is 77.4 Å². The lowest BCUT2D eigenvalue weighted by molar-refractivity contribution is -0.143. The predicted octanol–water partition coefficient (Wildman–Crippen LogP) is 6.19. The van der Waals surface area contributed by atoms with Crippen molar-refractivity contribution in [2.45, 2.75) is 38.2 Å². The van der Waals surface area contributed by atoms with Crippen molar-refractivity contribution in [1.82, 2.24) is 19.9 Å². The van der Waals surface area contributed by atoms with E-state index in [0.29, 0.717) is 29.2 Å². The second-order valence-electron chi connectivity index (χ2n) is 8.38. The fourth-order valence-electron chi connectivity index (χ4n) is 3.77. The highest BCUT2D eigenvalue weighted by Crippen LogP contribution is 2.39. The molecule has 11 heteroatoms. The molecule has 1 aliphatic rings. The fraction of sp³-hybridized carbons (Fsp3) is 0.333. The van der Waals surface area contributed by atoms with Crippen molar-refractivity contribution in [2.24, 2.45) is 5.92 Å². The molecule has 0 aliphatic heterocycles. The van der Waals surface area contributed by atoms with Crippen molar-refractivity contribution in [1.29, 1.82) is 0 Å². The van der Waals surface area contributed by atoms with Crippen LogP contribution in [0.5, 0.6) is 0 Å². The number of aromatic nitrogens is 3. The van der Waals surface area contributed by atoms with Crippen molar-refractivity contribution in [3.8, 4) is 11.4 Å². The van der Waals surface area contributed by atoms with Gasteiger partial charge in [-0.15, -0.1) is 0 Å². The van der Waals surface area contributed by atoms with E-state index in [-0.39, 0.29) is 18.5 Å². The van der Waals surface area contributed by atoms with Gasteiger partial charge in [0.2, 0.25) is 0 Å². The SMILES string of the molecule is CC(c1ncccc1-c1ncccn1)N(CC1CC1)C(=O)c1cc(C(F)(F)F)cc(C(F)(F)F)c1. The molecular formula is C24H20F6N4O. The standard InChI is InChI=1S/C24H20F6N4O/c1-14(20-19(4-2-7-31-20)21-32-8-3-9-33-21)34(13-15-5-6-15)22(35)16-10-17(23(25,26)27)12-18(11-16)24(28,29)30/h2-4,7-12,14-15H,5-6,13H2,1H3. The van der Waals surface area contributed by atoms with Crippen LogP contribution in [0.3, 0.4) is 0 Å². The molecule has 0 spiro atoms. The minimum Gasteiger partial charge on any atom is -0.330 e. The number of pyridine rings is 1. The lowest BCUT2D eigenvalue weighted by Crippen LogP contribution is -2.36. The molecule has 0 radical (unpaired) electrons. The molecule has 5 nitrogen and oxygen atoms in total. The van der Waals surface area contributed by atoms with Gasteiger partial charge in [0.25, 0.3) is 5.91 Å². The van der Waals surface area contributed by atoms with E-state index in [1.54, 1.807) is 25.1 Å². The molecule has 1 unspecified atom stereocenters. The lowest BCUT2D eigenvalue weighted by Gasteiger charge is -2.30. The third-order valence-electron chi connectivity index (χ3n) is 5.76. The minimum atomic E-state index is -5.05. The molecule has 1 atom stereocenters. The Hall–Kier alpha value is -3.50. The Bertz CT molecular complexity index is 1180. The average Bonchev–Trinajstić information content (AvgIpc) is 3.65. The molecule has 2 heterocycles. The van der Waals surface area contributed by atoms with E-state index in [0.717, 1.165) is 12.8 Å². The smallest absolute Gasteiger partial charge is 0.330 e. The maximum atomic E-state index is 13.5. The van der Waals surface area contributed by atoms with Crippen LogP contribution in [0.25, 0.3) is 11.4 Å². The maximum Gasteiger partial charge on any atom is 0.416 e. The highest BCUT2D eigenvalue weighted by Gasteiger charge is 2.39. The first-order valence-electron chi connectivity index (χ1n) is 10.8. The molecule has 0 bridgehead atoms. The Labute approximate surface area is 196 Å². The summed E-state index contributed by atoms with van der Waals surface area (Å²) in [6, 6.07) is 5.13. The number of hydrogen-bond donors (Lipinski definition) is 0. The molecule has 0 saturated heterocycles. The summed E-state index contributed by atoms with van der Waals surface area (Å²) in [7, 11) is 0. The zero-order valence-electron chi connectivity index (χ0n) is 18.4. The predicted molar refractivity (Wildman–Crippen MR) is 114 cm³/mol. The number of alkyl halides is 6. The Kier molecular flexibility index (Phi) is 6.52. The second kappa shape index (κ2) is 9.27. The molecule has 1 fully saturated rings. The monoisotopic (exact) mass is 494 g/mol. The van der Waals surface area contributed by atoms with Crippen LogP contribution in [0.4, 0.5) is 26.3 Å². The third-order valence-corrected chi connectivity index (χ3v) is 5.76. The lowest BCUT2D eigenvalue weighted by atomic mass is 10.0. The molecule has 1 aromatic carbocycles. The van der Waals surface area contributed by atoms with Crippen molar-refractivity contribution < 1.29 is 31.1 Å². The van der Waals surface area contributed by atoms with E-state index in [9.17, 15) is 31.1 Å². The van der Waals surface area contributed by atoms with Crippen LogP contribution < -0.4 is 0 Å². The van der Waals surface area contributed by atoms with E-state index >= 15 is 0 Å². The van der Waals surface area contributed by atoms with Crippen LogP contribution in [-0.4, -0.2) is 32.3 Å². The van der Waals surface area contributed by atoms with Crippen molar-refractivity contribution >= 4 is 5.91 Å². The first-order chi connectivity index (χ1) is 16.4. The number of hydrogen-bond acceptors (Lipinski definition) is 4. The van der Waals surface area contributed by atoms with Crippen LogP contribution in [-0.2, 0) is 12.4 Å². The van der Waals surface area contributed by atoms with Crippen molar-refractivity contribution in [2.75, 3.05) is 6.54 Å². The van der Waals surface area contributed by atoms with Gasteiger partial charge in [-0.1, -0.05) is 0 Å². The van der Waals surface area contributed by atoms with Crippen LogP contribution in [0, 0.1) is 5.92 Å². The van der Waals surface area contributed by atoms with E-state index in [4.69, 9.17) is 0 Å². The molecule has 3 aromatic rings. The quantitative estimate of drug-likeness (QED) is 0.384. The summed E-state index contributed by atoms with van der Waals surface area (Å²) in [5.74, 6) is -0.499. The van der Waals surface area contributed by atoms with Gasteiger partial charge in [0.15, 0.2) is 5.82 Å². The van der Waals surface area contributed by atoms with Gasteiger partial charge in [0.1, 0.15) is 0 Å². The van der Waals surface area contributed by atoms with Gasteiger partial charge in [0.05, 0.1) is 22.9 Å². The minimum absolute atomic E-state index is 0.00897. The van der Waals surface area contributed by atoms with Gasteiger partial charge in [-0.05, 0) is 62.1 Å². The fourth-order valence-corrected chi connectivity index (χ4v) is 3.77. The van der Waals surface area contributed by atoms with Gasteiger partial charge in [0, 0.05) is 36.3 Å². The van der Waals surface area contributed by atoms with Crippen molar-refractivity contribution in [3.63, 3.8) is 0 Å². The van der Waals surface area contributed by atoms with Crippen LogP contribution in [0.15, 0.2) is 55.0 Å². The molecular weight excluding hydrogens is 474 g/mol. The van der Waals surface area contributed by atoms with Gasteiger partial charge in [-0.25, -0.2) is 9.97 Å². The van der Waals surface area contributed by atoms with E-state index in [2.05, 4.69) is 15.0 Å². The molecule has 1 saturated carbocycles. The van der Waals surface area contributed by atoms with Gasteiger partial charge in [-0.2, -0.15) is 26.3 Å². The molecule has 1 amide bonds. The topological polar surface area (TPSA) is 59.0 Å². The largest absolute Gasteiger partial charge is 0.416 e. The van der Waals surface area contributed by atoms with Gasteiger partial charge in [-0.3, -0.25) is 9.78 Å². The highest BCUT2D eigenvalue weighted by atomic mass is 19.4. The number of halogens is 6. The molecule has 0 N–H and O–H groups in total. The van der Waals surface area contributed by atoms with E-state index < -0.39 is 41.0 Å². The summed E-state index contributed by atoms with van der Waals surface area (Å²) in [4.78, 5) is 27.5. The van der Waals surface area contributed by atoms with Crippen LogP contribution >= 0.6 is 0 Å². The number of amides is 1. The van der Waals surface area contributed by atoms with Gasteiger partial charge < -0.3 is 4.90 Å². The molecule has 184 valence electrons. The summed E-state index contributed by atoms with van der Waals surface area (Å²) < 4.78 is 80.2. The average molecular weight is 494 g/mol. The third kappa shape index (κ3) is 5.60.